The molecule has 0 aromatic carbocycles. The minimum Gasteiger partial charge on any atom is -0.394 e. The van der Waals surface area contributed by atoms with Gasteiger partial charge in [-0.3, -0.25) is 14.6 Å². The van der Waals surface area contributed by atoms with Crippen LogP contribution in [0.2, 0.25) is 0 Å². The van der Waals surface area contributed by atoms with E-state index in [4.69, 9.17) is 0 Å². The maximum absolute atomic E-state index is 12.9. The minimum absolute atomic E-state index is 0.00524. The Morgan fingerprint density at radius 1 is 1.46 bits per heavy atom. The summed E-state index contributed by atoms with van der Waals surface area (Å²) in [7, 11) is 1.89. The number of rotatable bonds is 3. The molecule has 1 saturated heterocycles. The summed E-state index contributed by atoms with van der Waals surface area (Å²) in [6, 6.07) is 1.66. The van der Waals surface area contributed by atoms with Crippen molar-refractivity contribution in [3.05, 3.63) is 23.1 Å². The van der Waals surface area contributed by atoms with Crippen LogP contribution in [0, 0.1) is 19.8 Å². The van der Waals surface area contributed by atoms with Crippen LogP contribution >= 0.6 is 0 Å². The number of nitrogens with zero attached hydrogens (tertiary/aromatic N) is 4. The lowest BCUT2D eigenvalue weighted by Gasteiger charge is -2.38. The zero-order valence-corrected chi connectivity index (χ0v) is 14.7. The highest BCUT2D eigenvalue weighted by atomic mass is 16.3. The first kappa shape index (κ1) is 16.7. The van der Waals surface area contributed by atoms with Gasteiger partial charge in [-0.2, -0.15) is 10.2 Å². The van der Waals surface area contributed by atoms with Gasteiger partial charge in [0.15, 0.2) is 0 Å². The van der Waals surface area contributed by atoms with Crippen molar-refractivity contribution >= 4 is 5.91 Å². The lowest BCUT2D eigenvalue weighted by molar-refractivity contribution is 0.0353. The second-order valence-electron chi connectivity index (χ2n) is 6.70. The van der Waals surface area contributed by atoms with Gasteiger partial charge < -0.3 is 10.0 Å². The van der Waals surface area contributed by atoms with Gasteiger partial charge in [-0.1, -0.05) is 6.92 Å². The van der Waals surface area contributed by atoms with E-state index in [0.29, 0.717) is 18.2 Å². The van der Waals surface area contributed by atoms with E-state index in [9.17, 15) is 9.90 Å². The molecule has 7 nitrogen and oxygen atoms in total. The number of piperidine rings is 1. The van der Waals surface area contributed by atoms with Crippen molar-refractivity contribution in [1.82, 2.24) is 24.9 Å². The zero-order valence-electron chi connectivity index (χ0n) is 14.7. The fourth-order valence-electron chi connectivity index (χ4n) is 3.64. The summed E-state index contributed by atoms with van der Waals surface area (Å²) in [6.07, 6.45) is 2.00. The van der Waals surface area contributed by atoms with Gasteiger partial charge >= 0.3 is 0 Å². The van der Waals surface area contributed by atoms with Gasteiger partial charge in [-0.05, 0) is 38.7 Å². The number of nitrogens with one attached hydrogen (secondary N) is 1. The monoisotopic (exact) mass is 331 g/mol. The third kappa shape index (κ3) is 2.73. The van der Waals surface area contributed by atoms with E-state index in [1.54, 1.807) is 11.0 Å². The van der Waals surface area contributed by atoms with Gasteiger partial charge in [0.05, 0.1) is 24.0 Å². The first-order valence-electron chi connectivity index (χ1n) is 8.41. The molecule has 0 spiro atoms. The smallest absolute Gasteiger partial charge is 0.272 e. The molecule has 2 aromatic heterocycles. The van der Waals surface area contributed by atoms with E-state index in [0.717, 1.165) is 35.5 Å². The van der Waals surface area contributed by atoms with Crippen molar-refractivity contribution in [3.8, 4) is 11.3 Å². The Kier molecular flexibility index (Phi) is 4.45. The quantitative estimate of drug-likeness (QED) is 0.895. The van der Waals surface area contributed by atoms with E-state index in [1.165, 1.54) is 0 Å². The topological polar surface area (TPSA) is 87.0 Å². The third-order valence-corrected chi connectivity index (χ3v) is 5.14. The number of hydrogen-bond donors (Lipinski definition) is 2. The van der Waals surface area contributed by atoms with Crippen LogP contribution in [0.3, 0.4) is 0 Å². The summed E-state index contributed by atoms with van der Waals surface area (Å²) in [6.45, 7) is 6.68. The van der Waals surface area contributed by atoms with E-state index in [-0.39, 0.29) is 18.6 Å². The van der Waals surface area contributed by atoms with E-state index in [1.807, 2.05) is 25.6 Å². The largest absolute Gasteiger partial charge is 0.394 e. The standard InChI is InChI=1S/C17H25N5O2/c1-10-6-5-7-22(15(10)9-23)17(24)14-8-13(18-19-14)16-11(2)20-21(4)12(16)3/h8,10,15,23H,5-7,9H2,1-4H3,(H,18,19). The van der Waals surface area contributed by atoms with Crippen molar-refractivity contribution in [2.45, 2.75) is 39.7 Å². The molecule has 3 heterocycles. The summed E-state index contributed by atoms with van der Waals surface area (Å²) in [4.78, 5) is 14.6. The average Bonchev–Trinajstić information content (AvgIpc) is 3.12. The number of H-pyrrole nitrogens is 1. The summed E-state index contributed by atoms with van der Waals surface area (Å²) in [5.41, 5.74) is 4.05. The van der Waals surface area contributed by atoms with Gasteiger partial charge in [-0.15, -0.1) is 0 Å². The highest BCUT2D eigenvalue weighted by Gasteiger charge is 2.32. The molecule has 1 amide bonds. The zero-order chi connectivity index (χ0) is 17.4. The summed E-state index contributed by atoms with van der Waals surface area (Å²) in [5.74, 6) is 0.205. The molecule has 1 fully saturated rings. The molecule has 0 bridgehead atoms. The fourth-order valence-corrected chi connectivity index (χ4v) is 3.64. The molecule has 7 heteroatoms. The molecule has 1 aliphatic heterocycles. The first-order chi connectivity index (χ1) is 11.4. The van der Waals surface area contributed by atoms with Gasteiger partial charge in [0.2, 0.25) is 0 Å². The Hall–Kier alpha value is -2.15. The van der Waals surface area contributed by atoms with Crippen LogP contribution in [-0.2, 0) is 7.05 Å². The number of hydrogen-bond acceptors (Lipinski definition) is 4. The molecular formula is C17H25N5O2. The highest BCUT2D eigenvalue weighted by Crippen LogP contribution is 2.27. The van der Waals surface area contributed by atoms with Gasteiger partial charge in [0.1, 0.15) is 5.69 Å². The number of aliphatic hydroxyl groups is 1. The van der Waals surface area contributed by atoms with E-state index in [2.05, 4.69) is 22.2 Å². The molecule has 2 aromatic rings. The summed E-state index contributed by atoms with van der Waals surface area (Å²) < 4.78 is 1.81. The predicted molar refractivity (Wildman–Crippen MR) is 90.6 cm³/mol. The number of carbonyl (C=O) groups excluding carboxylic acids is 1. The molecule has 2 unspecified atom stereocenters. The molecule has 24 heavy (non-hydrogen) atoms. The van der Waals surface area contributed by atoms with Crippen molar-refractivity contribution in [2.75, 3.05) is 13.2 Å². The van der Waals surface area contributed by atoms with Crippen molar-refractivity contribution < 1.29 is 9.90 Å². The Balaban J connectivity index is 1.88. The summed E-state index contributed by atoms with van der Waals surface area (Å²) in [5, 5.41) is 21.2. The van der Waals surface area contributed by atoms with Gasteiger partial charge in [0.25, 0.3) is 5.91 Å². The number of aliphatic hydroxyl groups excluding tert-OH is 1. The lowest BCUT2D eigenvalue weighted by atomic mass is 9.91. The molecule has 0 aliphatic carbocycles. The lowest BCUT2D eigenvalue weighted by Crippen LogP contribution is -2.49. The van der Waals surface area contributed by atoms with E-state index < -0.39 is 0 Å². The molecular weight excluding hydrogens is 306 g/mol. The molecule has 2 atom stereocenters. The third-order valence-electron chi connectivity index (χ3n) is 5.14. The second kappa shape index (κ2) is 6.39. The van der Waals surface area contributed by atoms with Crippen molar-refractivity contribution in [1.29, 1.82) is 0 Å². The molecule has 1 aliphatic rings. The number of amides is 1. The van der Waals surface area contributed by atoms with Crippen LogP contribution in [0.5, 0.6) is 0 Å². The number of likely N-dealkylation sites (tertiary alicyclic amines) is 1. The number of aryl methyl sites for hydroxylation is 2. The van der Waals surface area contributed by atoms with Crippen LogP contribution < -0.4 is 0 Å². The van der Waals surface area contributed by atoms with Gasteiger partial charge in [-0.25, -0.2) is 0 Å². The second-order valence-corrected chi connectivity index (χ2v) is 6.70. The SMILES string of the molecule is Cc1nn(C)c(C)c1-c1cc(C(=O)N2CCCC(C)C2CO)[nH]n1. The number of aromatic amines is 1. The fraction of sp³-hybridized carbons (Fsp3) is 0.588. The first-order valence-corrected chi connectivity index (χ1v) is 8.41. The predicted octanol–water partition coefficient (Wildman–Crippen LogP) is 1.66. The molecule has 130 valence electrons. The van der Waals surface area contributed by atoms with E-state index >= 15 is 0 Å². The molecule has 0 saturated carbocycles. The molecule has 2 N–H and O–H groups in total. The van der Waals surface area contributed by atoms with Crippen LogP contribution in [0.25, 0.3) is 11.3 Å². The Morgan fingerprint density at radius 2 is 2.21 bits per heavy atom. The van der Waals surface area contributed by atoms with Crippen LogP contribution in [-0.4, -0.2) is 55.1 Å². The van der Waals surface area contributed by atoms with Crippen LogP contribution in [0.15, 0.2) is 6.07 Å². The Bertz CT molecular complexity index is 748. The maximum atomic E-state index is 12.9. The van der Waals surface area contributed by atoms with Gasteiger partial charge in [0, 0.05) is 24.8 Å². The van der Waals surface area contributed by atoms with Crippen LogP contribution in [0.4, 0.5) is 0 Å². The van der Waals surface area contributed by atoms with Crippen molar-refractivity contribution in [2.24, 2.45) is 13.0 Å². The Labute approximate surface area is 141 Å². The highest BCUT2D eigenvalue weighted by molar-refractivity contribution is 5.93. The normalized spacial score (nSPS) is 21.3. The van der Waals surface area contributed by atoms with Crippen LogP contribution in [0.1, 0.15) is 41.6 Å². The number of carbonyl (C=O) groups is 1. The Morgan fingerprint density at radius 3 is 2.83 bits per heavy atom. The minimum atomic E-state index is -0.125. The van der Waals surface area contributed by atoms with Crippen molar-refractivity contribution in [3.63, 3.8) is 0 Å². The average molecular weight is 331 g/mol. The summed E-state index contributed by atoms with van der Waals surface area (Å²) >= 11 is 0. The molecule has 0 radical (unpaired) electrons. The maximum Gasteiger partial charge on any atom is 0.272 e. The number of aromatic nitrogens is 4. The molecule has 3 rings (SSSR count).